The maximum absolute atomic E-state index is 12.5. The number of rotatable bonds is 5. The molecular formula is C27H17ClN2O3S. The van der Waals surface area contributed by atoms with E-state index in [9.17, 15) is 9.59 Å². The topological polar surface area (TPSA) is 72.2 Å². The molecule has 0 aliphatic heterocycles. The Balaban J connectivity index is 1.26. The summed E-state index contributed by atoms with van der Waals surface area (Å²) in [6, 6.07) is 22.0. The third kappa shape index (κ3) is 4.69. The first kappa shape index (κ1) is 21.8. The summed E-state index contributed by atoms with van der Waals surface area (Å²) in [4.78, 5) is 29.6. The fourth-order valence-electron chi connectivity index (χ4n) is 3.41. The van der Waals surface area contributed by atoms with Gasteiger partial charge in [-0.15, -0.1) is 11.3 Å². The highest BCUT2D eigenvalue weighted by Gasteiger charge is 2.08. The molecule has 34 heavy (non-hydrogen) atoms. The number of hydrogen-bond acceptors (Lipinski definition) is 5. The van der Waals surface area contributed by atoms with E-state index in [1.165, 1.54) is 18.4 Å². The van der Waals surface area contributed by atoms with Crippen molar-refractivity contribution in [3.05, 3.63) is 111 Å². The highest BCUT2D eigenvalue weighted by atomic mass is 35.5. The molecule has 3 aromatic carbocycles. The molecule has 0 radical (unpaired) electrons. The number of nitrogens with zero attached hydrogens (tertiary/aromatic N) is 1. The Morgan fingerprint density at radius 3 is 2.50 bits per heavy atom. The van der Waals surface area contributed by atoms with E-state index in [0.717, 1.165) is 21.8 Å². The van der Waals surface area contributed by atoms with Gasteiger partial charge in [0.2, 0.25) is 5.91 Å². The number of fused-ring (bicyclic) bond motifs is 1. The zero-order valence-corrected chi connectivity index (χ0v) is 19.3. The minimum absolute atomic E-state index is 0.184. The molecule has 1 amide bonds. The van der Waals surface area contributed by atoms with Gasteiger partial charge in [-0.1, -0.05) is 48.0 Å². The largest absolute Gasteiger partial charge is 0.463 e. The molecular weight excluding hydrogens is 468 g/mol. The van der Waals surface area contributed by atoms with E-state index in [0.29, 0.717) is 27.2 Å². The minimum Gasteiger partial charge on any atom is -0.463 e. The van der Waals surface area contributed by atoms with Gasteiger partial charge >= 0.3 is 0 Å². The van der Waals surface area contributed by atoms with Gasteiger partial charge in [-0.2, -0.15) is 0 Å². The van der Waals surface area contributed by atoms with Crippen molar-refractivity contribution < 1.29 is 9.21 Å². The summed E-state index contributed by atoms with van der Waals surface area (Å²) < 4.78 is 5.47. The van der Waals surface area contributed by atoms with Crippen LogP contribution in [-0.4, -0.2) is 10.9 Å². The molecule has 0 unspecified atom stereocenters. The lowest BCUT2D eigenvalue weighted by molar-refractivity contribution is -0.111. The zero-order valence-electron chi connectivity index (χ0n) is 17.7. The molecule has 0 saturated carbocycles. The molecule has 0 fully saturated rings. The van der Waals surface area contributed by atoms with Crippen LogP contribution in [0, 0.1) is 0 Å². The second-order valence-corrected chi connectivity index (χ2v) is 8.76. The second kappa shape index (κ2) is 9.47. The number of anilines is 1. The molecule has 5 rings (SSSR count). The fourth-order valence-corrected chi connectivity index (χ4v) is 4.37. The predicted molar refractivity (Wildman–Crippen MR) is 138 cm³/mol. The van der Waals surface area contributed by atoms with Crippen LogP contribution in [0.3, 0.4) is 0 Å². The quantitative estimate of drug-likeness (QED) is 0.276. The molecule has 0 atom stereocenters. The number of carbonyl (C=O) groups is 1. The molecule has 1 N–H and O–H groups in total. The third-order valence-electron chi connectivity index (χ3n) is 5.16. The normalized spacial score (nSPS) is 11.2. The number of nitrogens with one attached hydrogen (secondary N) is 1. The molecule has 0 saturated heterocycles. The monoisotopic (exact) mass is 484 g/mol. The summed E-state index contributed by atoms with van der Waals surface area (Å²) in [5, 5.41) is 6.86. The van der Waals surface area contributed by atoms with E-state index in [-0.39, 0.29) is 11.3 Å². The molecule has 5 aromatic rings. The molecule has 0 aliphatic rings. The lowest BCUT2D eigenvalue weighted by Crippen LogP contribution is -2.09. The first-order valence-electron chi connectivity index (χ1n) is 10.4. The van der Waals surface area contributed by atoms with E-state index < -0.39 is 0 Å². The average Bonchev–Trinajstić information content (AvgIpc) is 3.35. The summed E-state index contributed by atoms with van der Waals surface area (Å²) in [5.74, 6) is -0.348. The SMILES string of the molecule is O=C(/C=C/c1coc2ccccc2c1=O)Nc1ccc(-c2csc(-c3ccc(Cl)cc3)n2)cc1. The Bertz CT molecular complexity index is 1570. The Morgan fingerprint density at radius 1 is 0.971 bits per heavy atom. The van der Waals surface area contributed by atoms with E-state index in [1.807, 2.05) is 53.9 Å². The predicted octanol–water partition coefficient (Wildman–Crippen LogP) is 6.89. The van der Waals surface area contributed by atoms with Crippen molar-refractivity contribution in [2.45, 2.75) is 0 Å². The molecule has 2 aromatic heterocycles. The van der Waals surface area contributed by atoms with Crippen LogP contribution >= 0.6 is 22.9 Å². The van der Waals surface area contributed by atoms with E-state index in [2.05, 4.69) is 5.32 Å². The maximum atomic E-state index is 12.5. The van der Waals surface area contributed by atoms with Crippen molar-refractivity contribution >= 4 is 51.6 Å². The highest BCUT2D eigenvalue weighted by molar-refractivity contribution is 7.13. The number of hydrogen-bond donors (Lipinski definition) is 1. The van der Waals surface area contributed by atoms with E-state index in [4.69, 9.17) is 21.0 Å². The van der Waals surface area contributed by atoms with Crippen molar-refractivity contribution in [3.8, 4) is 21.8 Å². The van der Waals surface area contributed by atoms with E-state index in [1.54, 1.807) is 35.6 Å². The Hall–Kier alpha value is -4.00. The second-order valence-electron chi connectivity index (χ2n) is 7.46. The van der Waals surface area contributed by atoms with Crippen LogP contribution in [0.2, 0.25) is 5.02 Å². The first-order valence-corrected chi connectivity index (χ1v) is 11.6. The molecule has 0 spiro atoms. The van der Waals surface area contributed by atoms with Crippen molar-refractivity contribution in [2.24, 2.45) is 0 Å². The van der Waals surface area contributed by atoms with Gasteiger partial charge in [-0.3, -0.25) is 9.59 Å². The smallest absolute Gasteiger partial charge is 0.248 e. The first-order chi connectivity index (χ1) is 16.6. The zero-order chi connectivity index (χ0) is 23.5. The van der Waals surface area contributed by atoms with Gasteiger partial charge in [0.05, 0.1) is 16.6 Å². The number of aromatic nitrogens is 1. The lowest BCUT2D eigenvalue weighted by Gasteiger charge is -2.03. The summed E-state index contributed by atoms with van der Waals surface area (Å²) in [6.07, 6.45) is 4.12. The van der Waals surface area contributed by atoms with Crippen molar-refractivity contribution in [2.75, 3.05) is 5.32 Å². The summed E-state index contributed by atoms with van der Waals surface area (Å²) in [5.41, 5.74) is 4.08. The Labute approximate surface area is 204 Å². The van der Waals surface area contributed by atoms with Gasteiger partial charge in [-0.05, 0) is 42.5 Å². The number of thiazole rings is 1. The van der Waals surface area contributed by atoms with Crippen LogP contribution in [0.5, 0.6) is 0 Å². The maximum Gasteiger partial charge on any atom is 0.248 e. The summed E-state index contributed by atoms with van der Waals surface area (Å²) >= 11 is 7.52. The van der Waals surface area contributed by atoms with Crippen LogP contribution in [0.4, 0.5) is 5.69 Å². The molecule has 2 heterocycles. The summed E-state index contributed by atoms with van der Waals surface area (Å²) in [7, 11) is 0. The van der Waals surface area contributed by atoms with Gasteiger partial charge in [-0.25, -0.2) is 4.98 Å². The third-order valence-corrected chi connectivity index (χ3v) is 6.31. The summed E-state index contributed by atoms with van der Waals surface area (Å²) in [6.45, 7) is 0. The van der Waals surface area contributed by atoms with Gasteiger partial charge in [0.15, 0.2) is 5.43 Å². The average molecular weight is 485 g/mol. The molecule has 5 nitrogen and oxygen atoms in total. The highest BCUT2D eigenvalue weighted by Crippen LogP contribution is 2.30. The van der Waals surface area contributed by atoms with Crippen LogP contribution < -0.4 is 10.7 Å². The van der Waals surface area contributed by atoms with Crippen LogP contribution in [-0.2, 0) is 4.79 Å². The molecule has 0 aliphatic carbocycles. The standard InChI is InChI=1S/C27H17ClN2O3S/c28-20-10-5-18(6-11-20)27-30-23(16-34-27)17-7-12-21(13-8-17)29-25(31)14-9-19-15-33-24-4-2-1-3-22(24)26(19)32/h1-16H,(H,29,31)/b14-9+. The van der Waals surface area contributed by atoms with Crippen molar-refractivity contribution in [1.82, 2.24) is 4.98 Å². The van der Waals surface area contributed by atoms with Gasteiger partial charge < -0.3 is 9.73 Å². The lowest BCUT2D eigenvalue weighted by atomic mass is 10.1. The van der Waals surface area contributed by atoms with Gasteiger partial charge in [0, 0.05) is 33.3 Å². The fraction of sp³-hybridized carbons (Fsp3) is 0. The molecule has 7 heteroatoms. The number of benzene rings is 3. The Kier molecular flexibility index (Phi) is 6.08. The molecule has 166 valence electrons. The Morgan fingerprint density at radius 2 is 1.71 bits per heavy atom. The van der Waals surface area contributed by atoms with Crippen molar-refractivity contribution in [1.29, 1.82) is 0 Å². The van der Waals surface area contributed by atoms with Crippen LogP contribution in [0.25, 0.3) is 38.9 Å². The number of carbonyl (C=O) groups excluding carboxylic acids is 1. The number of amides is 1. The van der Waals surface area contributed by atoms with Gasteiger partial charge in [0.25, 0.3) is 0 Å². The van der Waals surface area contributed by atoms with Crippen LogP contribution in [0.1, 0.15) is 5.56 Å². The molecule has 0 bridgehead atoms. The minimum atomic E-state index is -0.348. The number of halogens is 1. The van der Waals surface area contributed by atoms with Crippen molar-refractivity contribution in [3.63, 3.8) is 0 Å². The number of para-hydroxylation sites is 1. The van der Waals surface area contributed by atoms with Crippen LogP contribution in [0.15, 0.2) is 99.7 Å². The van der Waals surface area contributed by atoms with E-state index >= 15 is 0 Å². The van der Waals surface area contributed by atoms with Gasteiger partial charge in [0.1, 0.15) is 16.9 Å².